The van der Waals surface area contributed by atoms with Crippen LogP contribution in [0.25, 0.3) is 11.3 Å². The van der Waals surface area contributed by atoms with Crippen molar-refractivity contribution in [1.82, 2.24) is 15.8 Å². The van der Waals surface area contributed by atoms with Crippen molar-refractivity contribution in [3.05, 3.63) is 41.7 Å². The fourth-order valence-corrected chi connectivity index (χ4v) is 2.25. The van der Waals surface area contributed by atoms with Crippen molar-refractivity contribution in [1.29, 1.82) is 0 Å². The first-order valence-electron chi connectivity index (χ1n) is 6.76. The Balaban J connectivity index is 0.00000161. The minimum Gasteiger partial charge on any atom is -0.360 e. The summed E-state index contributed by atoms with van der Waals surface area (Å²) in [4.78, 5) is 12.3. The summed E-state index contributed by atoms with van der Waals surface area (Å²) in [6.45, 7) is 4.38. The lowest BCUT2D eigenvalue weighted by molar-refractivity contribution is 0.0941. The van der Waals surface area contributed by atoms with E-state index in [0.29, 0.717) is 29.5 Å². The Morgan fingerprint density at radius 2 is 2.10 bits per heavy atom. The molecule has 0 atom stereocenters. The lowest BCUT2D eigenvalue weighted by Gasteiger charge is -2.27. The van der Waals surface area contributed by atoms with Crippen molar-refractivity contribution in [3.8, 4) is 11.3 Å². The molecule has 0 aliphatic carbocycles. The molecule has 2 aromatic rings. The van der Waals surface area contributed by atoms with Crippen LogP contribution in [0.4, 0.5) is 0 Å². The van der Waals surface area contributed by atoms with Crippen molar-refractivity contribution in [2.75, 3.05) is 19.6 Å². The highest BCUT2D eigenvalue weighted by atomic mass is 35.5. The molecular weight excluding hydrogens is 290 g/mol. The molecule has 3 rings (SSSR count). The van der Waals surface area contributed by atoms with E-state index in [-0.39, 0.29) is 18.3 Å². The molecule has 1 saturated heterocycles. The van der Waals surface area contributed by atoms with Gasteiger partial charge in [-0.05, 0) is 6.92 Å². The van der Waals surface area contributed by atoms with Crippen molar-refractivity contribution in [2.24, 2.45) is 5.92 Å². The van der Waals surface area contributed by atoms with Gasteiger partial charge in [0.25, 0.3) is 5.91 Å². The number of rotatable bonds is 4. The van der Waals surface area contributed by atoms with E-state index in [1.54, 1.807) is 6.92 Å². The Labute approximate surface area is 129 Å². The van der Waals surface area contributed by atoms with Gasteiger partial charge in [0.15, 0.2) is 0 Å². The zero-order valence-corrected chi connectivity index (χ0v) is 12.6. The SMILES string of the molecule is Cc1onc(-c2ccccc2)c1C(=O)NCC1CNC1.Cl. The number of nitrogens with one attached hydrogen (secondary N) is 2. The zero-order chi connectivity index (χ0) is 13.9. The summed E-state index contributed by atoms with van der Waals surface area (Å²) in [6, 6.07) is 9.61. The summed E-state index contributed by atoms with van der Waals surface area (Å²) < 4.78 is 5.20. The number of aryl methyl sites for hydroxylation is 1. The van der Waals surface area contributed by atoms with Crippen LogP contribution in [0.2, 0.25) is 0 Å². The van der Waals surface area contributed by atoms with Gasteiger partial charge in [-0.15, -0.1) is 12.4 Å². The Bertz CT molecular complexity index is 609. The number of hydrogen-bond acceptors (Lipinski definition) is 4. The van der Waals surface area contributed by atoms with E-state index >= 15 is 0 Å². The van der Waals surface area contributed by atoms with Gasteiger partial charge in [-0.3, -0.25) is 4.79 Å². The Morgan fingerprint density at radius 1 is 1.38 bits per heavy atom. The van der Waals surface area contributed by atoms with E-state index in [1.807, 2.05) is 30.3 Å². The van der Waals surface area contributed by atoms with Gasteiger partial charge in [0.1, 0.15) is 17.0 Å². The molecule has 2 N–H and O–H groups in total. The maximum absolute atomic E-state index is 12.3. The summed E-state index contributed by atoms with van der Waals surface area (Å²) >= 11 is 0. The fourth-order valence-electron chi connectivity index (χ4n) is 2.25. The average molecular weight is 308 g/mol. The first-order chi connectivity index (χ1) is 9.75. The number of hydrogen-bond donors (Lipinski definition) is 2. The molecule has 0 radical (unpaired) electrons. The maximum Gasteiger partial charge on any atom is 0.257 e. The quantitative estimate of drug-likeness (QED) is 0.907. The van der Waals surface area contributed by atoms with Gasteiger partial charge >= 0.3 is 0 Å². The molecule has 21 heavy (non-hydrogen) atoms. The number of aromatic nitrogens is 1. The molecule has 0 unspecified atom stereocenters. The predicted molar refractivity (Wildman–Crippen MR) is 82.6 cm³/mol. The van der Waals surface area contributed by atoms with Crippen LogP contribution in [0.15, 0.2) is 34.9 Å². The highest BCUT2D eigenvalue weighted by Crippen LogP contribution is 2.24. The molecule has 112 valence electrons. The summed E-state index contributed by atoms with van der Waals surface area (Å²) in [5.41, 5.74) is 2.02. The van der Waals surface area contributed by atoms with Gasteiger partial charge in [0, 0.05) is 31.1 Å². The van der Waals surface area contributed by atoms with Crippen LogP contribution in [0.3, 0.4) is 0 Å². The predicted octanol–water partition coefficient (Wildman–Crippen LogP) is 2.02. The zero-order valence-electron chi connectivity index (χ0n) is 11.8. The molecule has 6 heteroatoms. The lowest BCUT2D eigenvalue weighted by Crippen LogP contribution is -2.48. The van der Waals surface area contributed by atoms with E-state index in [0.717, 1.165) is 18.7 Å². The van der Waals surface area contributed by atoms with Crippen LogP contribution in [0.5, 0.6) is 0 Å². The first kappa shape index (κ1) is 15.5. The fraction of sp³-hybridized carbons (Fsp3) is 0.333. The van der Waals surface area contributed by atoms with Crippen molar-refractivity contribution < 1.29 is 9.32 Å². The van der Waals surface area contributed by atoms with Crippen LogP contribution in [-0.2, 0) is 0 Å². The molecule has 1 aromatic carbocycles. The monoisotopic (exact) mass is 307 g/mol. The number of carbonyl (C=O) groups excluding carboxylic acids is 1. The second-order valence-corrected chi connectivity index (χ2v) is 5.06. The molecule has 1 aliphatic rings. The second kappa shape index (κ2) is 6.74. The highest BCUT2D eigenvalue weighted by molar-refractivity contribution is 6.00. The molecule has 5 nitrogen and oxygen atoms in total. The molecule has 0 bridgehead atoms. The topological polar surface area (TPSA) is 67.2 Å². The number of benzene rings is 1. The van der Waals surface area contributed by atoms with Gasteiger partial charge in [-0.25, -0.2) is 0 Å². The Hall–Kier alpha value is -1.85. The van der Waals surface area contributed by atoms with E-state index in [9.17, 15) is 4.79 Å². The average Bonchev–Trinajstić information content (AvgIpc) is 2.80. The van der Waals surface area contributed by atoms with Gasteiger partial charge < -0.3 is 15.2 Å². The smallest absolute Gasteiger partial charge is 0.257 e. The molecule has 1 fully saturated rings. The van der Waals surface area contributed by atoms with E-state index in [2.05, 4.69) is 15.8 Å². The third kappa shape index (κ3) is 3.25. The normalized spacial score (nSPS) is 14.1. The molecule has 1 amide bonds. The third-order valence-corrected chi connectivity index (χ3v) is 3.55. The minimum atomic E-state index is -0.116. The molecule has 2 heterocycles. The number of halogens is 1. The van der Waals surface area contributed by atoms with Crippen molar-refractivity contribution in [3.63, 3.8) is 0 Å². The summed E-state index contributed by atoms with van der Waals surface area (Å²) in [6.07, 6.45) is 0. The second-order valence-electron chi connectivity index (χ2n) is 5.06. The summed E-state index contributed by atoms with van der Waals surface area (Å²) in [5.74, 6) is 0.960. The summed E-state index contributed by atoms with van der Waals surface area (Å²) in [7, 11) is 0. The molecule has 0 spiro atoms. The van der Waals surface area contributed by atoms with Gasteiger partial charge in [0.2, 0.25) is 0 Å². The largest absolute Gasteiger partial charge is 0.360 e. The van der Waals surface area contributed by atoms with Gasteiger partial charge in [-0.2, -0.15) is 0 Å². The molecule has 1 aromatic heterocycles. The number of amides is 1. The molecule has 0 saturated carbocycles. The first-order valence-corrected chi connectivity index (χ1v) is 6.76. The Morgan fingerprint density at radius 3 is 2.71 bits per heavy atom. The lowest BCUT2D eigenvalue weighted by atomic mass is 10.0. The number of nitrogens with zero attached hydrogens (tertiary/aromatic N) is 1. The third-order valence-electron chi connectivity index (χ3n) is 3.55. The van der Waals surface area contributed by atoms with E-state index in [1.165, 1.54) is 0 Å². The van der Waals surface area contributed by atoms with Gasteiger partial charge in [0.05, 0.1) is 0 Å². The van der Waals surface area contributed by atoms with Crippen molar-refractivity contribution in [2.45, 2.75) is 6.92 Å². The van der Waals surface area contributed by atoms with Crippen LogP contribution in [-0.4, -0.2) is 30.7 Å². The van der Waals surface area contributed by atoms with E-state index in [4.69, 9.17) is 4.52 Å². The summed E-state index contributed by atoms with van der Waals surface area (Å²) in [5, 5.41) is 10.2. The highest BCUT2D eigenvalue weighted by Gasteiger charge is 2.23. The Kier molecular flexibility index (Phi) is 4.98. The maximum atomic E-state index is 12.3. The van der Waals surface area contributed by atoms with Gasteiger partial charge in [-0.1, -0.05) is 35.5 Å². The molecular formula is C15H18ClN3O2. The van der Waals surface area contributed by atoms with Crippen molar-refractivity contribution >= 4 is 18.3 Å². The standard InChI is InChI=1S/C15H17N3O2.ClH/c1-10-13(15(19)17-9-11-7-16-8-11)14(18-20-10)12-5-3-2-4-6-12;/h2-6,11,16H,7-9H2,1H3,(H,17,19);1H. The number of carbonyl (C=O) groups is 1. The minimum absolute atomic E-state index is 0. The van der Waals surface area contributed by atoms with Crippen LogP contribution in [0, 0.1) is 12.8 Å². The van der Waals surface area contributed by atoms with Crippen LogP contribution >= 0.6 is 12.4 Å². The van der Waals surface area contributed by atoms with Crippen LogP contribution < -0.4 is 10.6 Å². The van der Waals surface area contributed by atoms with Crippen LogP contribution in [0.1, 0.15) is 16.1 Å². The molecule has 1 aliphatic heterocycles. The van der Waals surface area contributed by atoms with E-state index < -0.39 is 0 Å².